The van der Waals surface area contributed by atoms with Gasteiger partial charge in [-0.2, -0.15) is 0 Å². The summed E-state index contributed by atoms with van der Waals surface area (Å²) < 4.78 is 5.32. The van der Waals surface area contributed by atoms with Gasteiger partial charge in [0.2, 0.25) is 0 Å². The van der Waals surface area contributed by atoms with E-state index in [4.69, 9.17) is 4.74 Å². The lowest BCUT2D eigenvalue weighted by molar-refractivity contribution is -0.389. The number of rotatable bonds is 3. The van der Waals surface area contributed by atoms with Gasteiger partial charge < -0.3 is 14.9 Å². The molecule has 0 aromatic carbocycles. The predicted octanol–water partition coefficient (Wildman–Crippen LogP) is 3.14. The topological polar surface area (TPSA) is 85.6 Å². The first-order valence-electron chi connectivity index (χ1n) is 6.24. The summed E-state index contributed by atoms with van der Waals surface area (Å²) in [6.07, 6.45) is 0.783. The Labute approximate surface area is 117 Å². The van der Waals surface area contributed by atoms with E-state index in [0.717, 1.165) is 0 Å². The number of nitro groups is 1. The molecule has 0 aliphatic carbocycles. The highest BCUT2D eigenvalue weighted by Gasteiger charge is 2.26. The van der Waals surface area contributed by atoms with Crippen LogP contribution in [0.25, 0.3) is 0 Å². The lowest BCUT2D eigenvalue weighted by Crippen LogP contribution is -2.41. The largest absolute Gasteiger partial charge is 0.443 e. The fraction of sp³-hybridized carbons (Fsp3) is 0.538. The number of ether oxygens (including phenoxy) is 1. The predicted molar refractivity (Wildman–Crippen MR) is 74.7 cm³/mol. The van der Waals surface area contributed by atoms with E-state index in [-0.39, 0.29) is 11.9 Å². The van der Waals surface area contributed by atoms with Crippen molar-refractivity contribution in [3.63, 3.8) is 0 Å². The second-order valence-corrected chi connectivity index (χ2v) is 5.58. The number of pyridine rings is 1. The van der Waals surface area contributed by atoms with Gasteiger partial charge in [0.1, 0.15) is 5.60 Å². The second-order valence-electron chi connectivity index (χ2n) is 5.58. The van der Waals surface area contributed by atoms with Gasteiger partial charge in [-0.1, -0.05) is 0 Å². The summed E-state index contributed by atoms with van der Waals surface area (Å²) in [4.78, 5) is 27.3. The standard InChI is InChI=1S/C13H19N3O4/c1-9(2)15(12(17)20-13(3,4)5)10-6-7-11(14-8-10)16(18)19/h6-9H,1-5H3. The average molecular weight is 281 g/mol. The zero-order chi connectivity index (χ0) is 15.5. The van der Waals surface area contributed by atoms with Gasteiger partial charge in [0.05, 0.1) is 5.69 Å². The number of anilines is 1. The minimum Gasteiger partial charge on any atom is -0.443 e. The molecule has 0 saturated carbocycles. The molecule has 0 unspecified atom stereocenters. The van der Waals surface area contributed by atoms with Gasteiger partial charge in [-0.15, -0.1) is 0 Å². The van der Waals surface area contributed by atoms with Crippen LogP contribution >= 0.6 is 0 Å². The molecule has 0 bridgehead atoms. The summed E-state index contributed by atoms with van der Waals surface area (Å²) in [5.41, 5.74) is -0.154. The maximum absolute atomic E-state index is 12.2. The van der Waals surface area contributed by atoms with Crippen molar-refractivity contribution in [2.75, 3.05) is 4.90 Å². The minimum atomic E-state index is -0.613. The molecule has 0 N–H and O–H groups in total. The lowest BCUT2D eigenvalue weighted by atomic mass is 10.2. The van der Waals surface area contributed by atoms with Crippen LogP contribution in [0.3, 0.4) is 0 Å². The summed E-state index contributed by atoms with van der Waals surface area (Å²) in [6.45, 7) is 8.98. The fourth-order valence-corrected chi connectivity index (χ4v) is 1.55. The van der Waals surface area contributed by atoms with E-state index in [0.29, 0.717) is 5.69 Å². The van der Waals surface area contributed by atoms with E-state index < -0.39 is 16.6 Å². The zero-order valence-corrected chi connectivity index (χ0v) is 12.3. The first-order valence-corrected chi connectivity index (χ1v) is 6.24. The number of aromatic nitrogens is 1. The van der Waals surface area contributed by atoms with Crippen molar-refractivity contribution < 1.29 is 14.5 Å². The summed E-state index contributed by atoms with van der Waals surface area (Å²) in [5.74, 6) is -0.262. The van der Waals surface area contributed by atoms with Gasteiger partial charge in [-0.3, -0.25) is 4.90 Å². The van der Waals surface area contributed by atoms with E-state index in [9.17, 15) is 14.9 Å². The van der Waals surface area contributed by atoms with Crippen LogP contribution in [-0.4, -0.2) is 27.6 Å². The molecule has 0 saturated heterocycles. The van der Waals surface area contributed by atoms with Crippen molar-refractivity contribution in [1.29, 1.82) is 0 Å². The summed E-state index contributed by atoms with van der Waals surface area (Å²) in [5, 5.41) is 10.6. The molecular weight excluding hydrogens is 262 g/mol. The Morgan fingerprint density at radius 1 is 1.40 bits per heavy atom. The highest BCUT2D eigenvalue weighted by atomic mass is 16.6. The van der Waals surface area contributed by atoms with Crippen molar-refractivity contribution >= 4 is 17.6 Å². The molecule has 1 amide bonds. The van der Waals surface area contributed by atoms with Crippen molar-refractivity contribution in [2.45, 2.75) is 46.3 Å². The SMILES string of the molecule is CC(C)N(C(=O)OC(C)(C)C)c1ccc([N+](=O)[O-])nc1. The summed E-state index contributed by atoms with van der Waals surface area (Å²) in [7, 11) is 0. The van der Waals surface area contributed by atoms with Crippen LogP contribution in [0.1, 0.15) is 34.6 Å². The average Bonchev–Trinajstić information content (AvgIpc) is 2.26. The normalized spacial score (nSPS) is 11.3. The van der Waals surface area contributed by atoms with Crippen LogP contribution in [0.5, 0.6) is 0 Å². The highest BCUT2D eigenvalue weighted by Crippen LogP contribution is 2.21. The van der Waals surface area contributed by atoms with Gasteiger partial charge in [0.25, 0.3) is 0 Å². The molecule has 7 nitrogen and oxygen atoms in total. The van der Waals surface area contributed by atoms with Crippen molar-refractivity contribution in [3.8, 4) is 0 Å². The molecule has 7 heteroatoms. The molecule has 20 heavy (non-hydrogen) atoms. The van der Waals surface area contributed by atoms with E-state index in [1.807, 2.05) is 13.8 Å². The van der Waals surface area contributed by atoms with Crippen LogP contribution in [-0.2, 0) is 4.74 Å². The van der Waals surface area contributed by atoms with Crippen LogP contribution in [0, 0.1) is 10.1 Å². The third-order valence-corrected chi connectivity index (χ3v) is 2.30. The molecule has 0 aliphatic heterocycles. The molecule has 1 aromatic heterocycles. The molecule has 1 aromatic rings. The third kappa shape index (κ3) is 4.18. The number of hydrogen-bond donors (Lipinski definition) is 0. The number of carbonyl (C=O) groups is 1. The minimum absolute atomic E-state index is 0.159. The number of carbonyl (C=O) groups excluding carboxylic acids is 1. The highest BCUT2D eigenvalue weighted by molar-refractivity contribution is 5.88. The molecule has 0 radical (unpaired) electrons. The van der Waals surface area contributed by atoms with Crippen LogP contribution < -0.4 is 4.90 Å². The Morgan fingerprint density at radius 3 is 2.35 bits per heavy atom. The zero-order valence-electron chi connectivity index (χ0n) is 12.3. The Hall–Kier alpha value is -2.18. The molecule has 0 spiro atoms. The van der Waals surface area contributed by atoms with Gasteiger partial charge >= 0.3 is 11.9 Å². The molecule has 0 aliphatic rings. The van der Waals surface area contributed by atoms with E-state index in [1.165, 1.54) is 23.2 Å². The molecular formula is C13H19N3O4. The lowest BCUT2D eigenvalue weighted by Gasteiger charge is -2.29. The number of amides is 1. The molecule has 0 atom stereocenters. The van der Waals surface area contributed by atoms with Gasteiger partial charge in [-0.25, -0.2) is 4.79 Å². The first-order chi connectivity index (χ1) is 9.11. The van der Waals surface area contributed by atoms with E-state index >= 15 is 0 Å². The summed E-state index contributed by atoms with van der Waals surface area (Å²) >= 11 is 0. The molecule has 0 fully saturated rings. The summed E-state index contributed by atoms with van der Waals surface area (Å²) in [6, 6.07) is 2.58. The molecule has 1 rings (SSSR count). The van der Waals surface area contributed by atoms with Gasteiger partial charge in [0, 0.05) is 12.1 Å². The Kier molecular flexibility index (Phi) is 4.65. The van der Waals surface area contributed by atoms with Crippen LogP contribution in [0.4, 0.5) is 16.3 Å². The molecule has 110 valence electrons. The first kappa shape index (κ1) is 15.9. The molecule has 1 heterocycles. The fourth-order valence-electron chi connectivity index (χ4n) is 1.55. The van der Waals surface area contributed by atoms with Gasteiger partial charge in [0.15, 0.2) is 6.20 Å². The van der Waals surface area contributed by atoms with E-state index in [2.05, 4.69) is 4.98 Å². The Morgan fingerprint density at radius 2 is 2.00 bits per heavy atom. The van der Waals surface area contributed by atoms with Crippen molar-refractivity contribution in [3.05, 3.63) is 28.4 Å². The second kappa shape index (κ2) is 5.85. The Bertz CT molecular complexity index is 491. The smallest absolute Gasteiger partial charge is 0.415 e. The van der Waals surface area contributed by atoms with Crippen molar-refractivity contribution in [2.24, 2.45) is 0 Å². The van der Waals surface area contributed by atoms with Crippen molar-refractivity contribution in [1.82, 2.24) is 4.98 Å². The third-order valence-electron chi connectivity index (χ3n) is 2.30. The van der Waals surface area contributed by atoms with Crippen LogP contribution in [0.15, 0.2) is 18.3 Å². The van der Waals surface area contributed by atoms with Crippen LogP contribution in [0.2, 0.25) is 0 Å². The quantitative estimate of drug-likeness (QED) is 0.627. The van der Waals surface area contributed by atoms with E-state index in [1.54, 1.807) is 20.8 Å². The number of nitrogens with zero attached hydrogens (tertiary/aromatic N) is 3. The monoisotopic (exact) mass is 281 g/mol. The maximum Gasteiger partial charge on any atom is 0.415 e. The Balaban J connectivity index is 3.02. The van der Waals surface area contributed by atoms with Gasteiger partial charge in [-0.05, 0) is 50.6 Å². The number of hydrogen-bond acceptors (Lipinski definition) is 5. The maximum atomic E-state index is 12.2.